The molecule has 7 heteroatoms. The fourth-order valence-electron chi connectivity index (χ4n) is 3.56. The van der Waals surface area contributed by atoms with Crippen molar-refractivity contribution >= 4 is 17.4 Å². The van der Waals surface area contributed by atoms with Crippen molar-refractivity contribution in [2.75, 3.05) is 63.2 Å². The summed E-state index contributed by atoms with van der Waals surface area (Å²) < 4.78 is 11.1. The molecule has 0 atom stereocenters. The van der Waals surface area contributed by atoms with Crippen LogP contribution in [0.25, 0.3) is 0 Å². The Hall–Kier alpha value is -2.93. The van der Waals surface area contributed by atoms with Crippen LogP contribution in [0.5, 0.6) is 11.5 Å². The number of likely N-dealkylation sites (N-methyl/N-ethyl adjacent to an activating group) is 1. The summed E-state index contributed by atoms with van der Waals surface area (Å²) >= 11 is 0. The van der Waals surface area contributed by atoms with Gasteiger partial charge in [-0.05, 0) is 55.4 Å². The Morgan fingerprint density at radius 1 is 0.966 bits per heavy atom. The van der Waals surface area contributed by atoms with E-state index >= 15 is 0 Å². The van der Waals surface area contributed by atoms with Gasteiger partial charge < -0.3 is 29.9 Å². The first kappa shape index (κ1) is 19.4. The summed E-state index contributed by atoms with van der Waals surface area (Å²) in [6.45, 7) is 5.92. The van der Waals surface area contributed by atoms with E-state index in [2.05, 4.69) is 39.6 Å². The number of benzene rings is 2. The smallest absolute Gasteiger partial charge is 0.319 e. The molecule has 1 saturated heterocycles. The molecule has 2 N–H and O–H groups in total. The summed E-state index contributed by atoms with van der Waals surface area (Å²) in [5, 5.41) is 5.80. The Kier molecular flexibility index (Phi) is 6.05. The molecule has 0 radical (unpaired) electrons. The third kappa shape index (κ3) is 5.12. The van der Waals surface area contributed by atoms with Crippen molar-refractivity contribution in [3.05, 3.63) is 48.0 Å². The van der Waals surface area contributed by atoms with E-state index in [0.29, 0.717) is 19.8 Å². The van der Waals surface area contributed by atoms with Crippen LogP contribution in [0, 0.1) is 0 Å². The van der Waals surface area contributed by atoms with Gasteiger partial charge in [0, 0.05) is 44.1 Å². The lowest BCUT2D eigenvalue weighted by molar-refractivity contribution is 0.171. The summed E-state index contributed by atoms with van der Waals surface area (Å²) in [4.78, 5) is 16.9. The van der Waals surface area contributed by atoms with Gasteiger partial charge in [0.2, 0.25) is 0 Å². The van der Waals surface area contributed by atoms with E-state index in [-0.39, 0.29) is 6.03 Å². The molecule has 2 aliphatic heterocycles. The van der Waals surface area contributed by atoms with Crippen LogP contribution >= 0.6 is 0 Å². The lowest BCUT2D eigenvalue weighted by Gasteiger charge is -2.34. The van der Waals surface area contributed by atoms with Gasteiger partial charge in [-0.15, -0.1) is 0 Å². The first-order valence-electron chi connectivity index (χ1n) is 10.1. The number of nitrogens with one attached hydrogen (secondary N) is 2. The van der Waals surface area contributed by atoms with E-state index in [0.717, 1.165) is 55.3 Å². The van der Waals surface area contributed by atoms with Crippen molar-refractivity contribution in [2.45, 2.75) is 6.42 Å². The standard InChI is InChI=1S/C22H28N4O3/c1-25-10-12-26(13-11-25)19-5-3-18(4-6-19)24-22(27)23-9-8-17-2-7-20-21(16-17)29-15-14-28-20/h2-7,16H,8-15H2,1H3,(H2,23,24,27). The molecule has 0 aliphatic carbocycles. The predicted molar refractivity (Wildman–Crippen MR) is 114 cm³/mol. The van der Waals surface area contributed by atoms with Crippen molar-refractivity contribution < 1.29 is 14.3 Å². The van der Waals surface area contributed by atoms with Gasteiger partial charge >= 0.3 is 6.03 Å². The second kappa shape index (κ2) is 9.05. The topological polar surface area (TPSA) is 66.1 Å². The number of anilines is 2. The molecule has 2 aromatic carbocycles. The number of fused-ring (bicyclic) bond motifs is 1. The highest BCUT2D eigenvalue weighted by atomic mass is 16.6. The van der Waals surface area contributed by atoms with Crippen molar-refractivity contribution in [1.82, 2.24) is 10.2 Å². The van der Waals surface area contributed by atoms with Gasteiger partial charge in [0.15, 0.2) is 11.5 Å². The molecule has 154 valence electrons. The van der Waals surface area contributed by atoms with Gasteiger partial charge in [-0.25, -0.2) is 4.79 Å². The number of carbonyl (C=O) groups is 1. The van der Waals surface area contributed by atoms with Gasteiger partial charge in [-0.1, -0.05) is 6.07 Å². The first-order valence-corrected chi connectivity index (χ1v) is 10.1. The first-order chi connectivity index (χ1) is 14.2. The molecule has 2 aromatic rings. The molecule has 1 fully saturated rings. The molecule has 7 nitrogen and oxygen atoms in total. The summed E-state index contributed by atoms with van der Waals surface area (Å²) in [5.74, 6) is 1.56. The van der Waals surface area contributed by atoms with Crippen LogP contribution in [0.3, 0.4) is 0 Å². The highest BCUT2D eigenvalue weighted by molar-refractivity contribution is 5.89. The van der Waals surface area contributed by atoms with Crippen LogP contribution in [0.4, 0.5) is 16.2 Å². The molecular formula is C22H28N4O3. The molecule has 2 aliphatic rings. The number of ether oxygens (including phenoxy) is 2. The molecule has 0 spiro atoms. The van der Waals surface area contributed by atoms with Crippen LogP contribution in [-0.4, -0.2) is 63.9 Å². The molecule has 0 aromatic heterocycles. The van der Waals surface area contributed by atoms with E-state index in [1.807, 2.05) is 30.3 Å². The molecule has 0 saturated carbocycles. The Balaban J connectivity index is 1.22. The average molecular weight is 396 g/mol. The fourth-order valence-corrected chi connectivity index (χ4v) is 3.56. The molecule has 0 unspecified atom stereocenters. The lowest BCUT2D eigenvalue weighted by atomic mass is 10.1. The number of hydrogen-bond donors (Lipinski definition) is 2. The average Bonchev–Trinajstić information content (AvgIpc) is 2.75. The number of amides is 2. The largest absolute Gasteiger partial charge is 0.486 e. The van der Waals surface area contributed by atoms with Crippen molar-refractivity contribution in [1.29, 1.82) is 0 Å². The molecule has 2 amide bonds. The van der Waals surface area contributed by atoms with Gasteiger partial charge in [-0.3, -0.25) is 0 Å². The molecule has 2 heterocycles. The molecule has 0 bridgehead atoms. The van der Waals surface area contributed by atoms with Crippen molar-refractivity contribution in [3.63, 3.8) is 0 Å². The highest BCUT2D eigenvalue weighted by Crippen LogP contribution is 2.30. The Labute approximate surface area is 171 Å². The second-order valence-corrected chi connectivity index (χ2v) is 7.45. The van der Waals surface area contributed by atoms with E-state index in [1.165, 1.54) is 5.69 Å². The number of nitrogens with zero attached hydrogens (tertiary/aromatic N) is 2. The van der Waals surface area contributed by atoms with Crippen LogP contribution in [0.15, 0.2) is 42.5 Å². The zero-order chi connectivity index (χ0) is 20.1. The Bertz CT molecular complexity index is 832. The Morgan fingerprint density at radius 2 is 1.69 bits per heavy atom. The van der Waals surface area contributed by atoms with Crippen LogP contribution in [0.2, 0.25) is 0 Å². The summed E-state index contributed by atoms with van der Waals surface area (Å²) in [6, 6.07) is 13.7. The number of hydrogen-bond acceptors (Lipinski definition) is 5. The zero-order valence-electron chi connectivity index (χ0n) is 16.8. The minimum atomic E-state index is -0.199. The summed E-state index contributed by atoms with van der Waals surface area (Å²) in [7, 11) is 2.15. The van der Waals surface area contributed by atoms with Crippen molar-refractivity contribution in [2.24, 2.45) is 0 Å². The Morgan fingerprint density at radius 3 is 2.45 bits per heavy atom. The van der Waals surface area contributed by atoms with Gasteiger partial charge in [0.1, 0.15) is 13.2 Å². The number of rotatable bonds is 5. The predicted octanol–water partition coefficient (Wildman–Crippen LogP) is 2.57. The molecule has 29 heavy (non-hydrogen) atoms. The van der Waals surface area contributed by atoms with E-state index in [1.54, 1.807) is 0 Å². The minimum Gasteiger partial charge on any atom is -0.486 e. The highest BCUT2D eigenvalue weighted by Gasteiger charge is 2.14. The zero-order valence-corrected chi connectivity index (χ0v) is 16.8. The van der Waals surface area contributed by atoms with E-state index in [9.17, 15) is 4.79 Å². The SMILES string of the molecule is CN1CCN(c2ccc(NC(=O)NCCc3ccc4c(c3)OCCO4)cc2)CC1. The lowest BCUT2D eigenvalue weighted by Crippen LogP contribution is -2.44. The van der Waals surface area contributed by atoms with Gasteiger partial charge in [0.05, 0.1) is 0 Å². The van der Waals surface area contributed by atoms with Gasteiger partial charge in [0.25, 0.3) is 0 Å². The maximum absolute atomic E-state index is 12.2. The minimum absolute atomic E-state index is 0.199. The molecular weight excluding hydrogens is 368 g/mol. The number of piperazine rings is 1. The van der Waals surface area contributed by atoms with Crippen LogP contribution in [0.1, 0.15) is 5.56 Å². The van der Waals surface area contributed by atoms with Gasteiger partial charge in [-0.2, -0.15) is 0 Å². The second-order valence-electron chi connectivity index (χ2n) is 7.45. The monoisotopic (exact) mass is 396 g/mol. The third-order valence-corrected chi connectivity index (χ3v) is 5.30. The van der Waals surface area contributed by atoms with Crippen LogP contribution in [-0.2, 0) is 6.42 Å². The maximum atomic E-state index is 12.2. The molecule has 4 rings (SSSR count). The van der Waals surface area contributed by atoms with E-state index < -0.39 is 0 Å². The van der Waals surface area contributed by atoms with Crippen molar-refractivity contribution in [3.8, 4) is 11.5 Å². The number of urea groups is 1. The van der Waals surface area contributed by atoms with Crippen LogP contribution < -0.4 is 25.0 Å². The van der Waals surface area contributed by atoms with E-state index in [4.69, 9.17) is 9.47 Å². The quantitative estimate of drug-likeness (QED) is 0.813. The normalized spacial score (nSPS) is 16.4. The summed E-state index contributed by atoms with van der Waals surface area (Å²) in [6.07, 6.45) is 0.729. The maximum Gasteiger partial charge on any atom is 0.319 e. The summed E-state index contributed by atoms with van der Waals surface area (Å²) in [5.41, 5.74) is 3.09. The third-order valence-electron chi connectivity index (χ3n) is 5.30. The fraction of sp³-hybridized carbons (Fsp3) is 0.409. The number of carbonyl (C=O) groups excluding carboxylic acids is 1.